The van der Waals surface area contributed by atoms with Gasteiger partial charge in [0.25, 0.3) is 0 Å². The molecule has 3 rings (SSSR count). The molecular formula is C23H31N3O5S. The van der Waals surface area contributed by atoms with Crippen LogP contribution < -0.4 is 15.6 Å². The summed E-state index contributed by atoms with van der Waals surface area (Å²) in [6, 6.07) is 12.0. The number of benzene rings is 2. The van der Waals surface area contributed by atoms with Gasteiger partial charge in [-0.25, -0.2) is 18.4 Å². The average Bonchev–Trinajstić information content (AvgIpc) is 2.97. The first-order valence-corrected chi connectivity index (χ1v) is 12.1. The van der Waals surface area contributed by atoms with Crippen LogP contribution in [0.3, 0.4) is 0 Å². The Kier molecular flexibility index (Phi) is 6.83. The second-order valence-corrected chi connectivity index (χ2v) is 10.5. The number of hydrogen-bond acceptors (Lipinski definition) is 5. The van der Waals surface area contributed by atoms with Crippen molar-refractivity contribution >= 4 is 21.1 Å². The van der Waals surface area contributed by atoms with Gasteiger partial charge in [-0.15, -0.1) is 0 Å². The number of rotatable bonds is 8. The van der Waals surface area contributed by atoms with Crippen LogP contribution in [-0.2, 0) is 28.5 Å². The van der Waals surface area contributed by atoms with E-state index in [1.807, 2.05) is 31.2 Å². The fourth-order valence-electron chi connectivity index (χ4n) is 3.60. The normalized spacial score (nSPS) is 13.4. The number of nitrogens with two attached hydrogens (primary N) is 1. The highest BCUT2D eigenvalue weighted by atomic mass is 32.2. The lowest BCUT2D eigenvalue weighted by Crippen LogP contribution is -2.31. The molecule has 9 heteroatoms. The number of aliphatic hydroxyl groups is 1. The van der Waals surface area contributed by atoms with E-state index >= 15 is 0 Å². The zero-order valence-corrected chi connectivity index (χ0v) is 19.7. The van der Waals surface area contributed by atoms with E-state index in [0.717, 1.165) is 6.42 Å². The van der Waals surface area contributed by atoms with Crippen molar-refractivity contribution in [1.82, 2.24) is 9.13 Å². The van der Waals surface area contributed by atoms with Crippen molar-refractivity contribution in [2.45, 2.75) is 63.6 Å². The van der Waals surface area contributed by atoms with Gasteiger partial charge in [-0.1, -0.05) is 39.8 Å². The molecule has 3 aromatic rings. The Morgan fingerprint density at radius 2 is 1.72 bits per heavy atom. The number of sulfonamides is 1. The molecule has 32 heavy (non-hydrogen) atoms. The Morgan fingerprint density at radius 1 is 1.06 bits per heavy atom. The molecule has 0 saturated carbocycles. The maximum Gasteiger partial charge on any atom is 0.329 e. The summed E-state index contributed by atoms with van der Waals surface area (Å²) in [7, 11) is -3.93. The SMILES string of the molecule is CCCn1c(=O)n(C[C@H](O)COc2ccc(C(C)(C)C)cc2)c2cc(S(N)(=O)=O)ccc21. The zero-order chi connectivity index (χ0) is 23.7. The van der Waals surface area contributed by atoms with E-state index in [4.69, 9.17) is 9.88 Å². The van der Waals surface area contributed by atoms with Crippen molar-refractivity contribution in [3.8, 4) is 5.75 Å². The Morgan fingerprint density at radius 3 is 2.28 bits per heavy atom. The fourth-order valence-corrected chi connectivity index (χ4v) is 4.13. The minimum atomic E-state index is -3.93. The third-order valence-corrected chi connectivity index (χ3v) is 6.23. The molecule has 0 aliphatic rings. The lowest BCUT2D eigenvalue weighted by molar-refractivity contribution is 0.0924. The minimum absolute atomic E-state index is 0.0172. The molecular weight excluding hydrogens is 430 g/mol. The third-order valence-electron chi connectivity index (χ3n) is 5.32. The zero-order valence-electron chi connectivity index (χ0n) is 18.9. The molecule has 8 nitrogen and oxygen atoms in total. The number of imidazole rings is 1. The topological polar surface area (TPSA) is 117 Å². The van der Waals surface area contributed by atoms with Crippen LogP contribution in [0.1, 0.15) is 39.7 Å². The molecule has 0 aliphatic heterocycles. The molecule has 174 valence electrons. The van der Waals surface area contributed by atoms with Crippen molar-refractivity contribution < 1.29 is 18.3 Å². The smallest absolute Gasteiger partial charge is 0.329 e. The largest absolute Gasteiger partial charge is 0.491 e. The molecule has 0 fully saturated rings. The number of ether oxygens (including phenoxy) is 1. The van der Waals surface area contributed by atoms with Crippen LogP contribution in [-0.4, -0.2) is 35.4 Å². The summed E-state index contributed by atoms with van der Waals surface area (Å²) in [6.45, 7) is 8.74. The fraction of sp³-hybridized carbons (Fsp3) is 0.435. The van der Waals surface area contributed by atoms with Gasteiger partial charge >= 0.3 is 5.69 Å². The highest BCUT2D eigenvalue weighted by Gasteiger charge is 2.19. The van der Waals surface area contributed by atoms with Crippen LogP contribution in [0.25, 0.3) is 11.0 Å². The van der Waals surface area contributed by atoms with Crippen LogP contribution in [0.2, 0.25) is 0 Å². The van der Waals surface area contributed by atoms with Crippen molar-refractivity contribution in [2.75, 3.05) is 6.61 Å². The summed E-state index contributed by atoms with van der Waals surface area (Å²) in [6.07, 6.45) is -0.250. The molecule has 0 bridgehead atoms. The van der Waals surface area contributed by atoms with Gasteiger partial charge in [0.05, 0.1) is 22.5 Å². The van der Waals surface area contributed by atoms with Crippen LogP contribution >= 0.6 is 0 Å². The second-order valence-electron chi connectivity index (χ2n) is 8.98. The standard InChI is InChI=1S/C23H31N3O5S/c1-5-12-25-20-11-10-19(32(24,29)30)13-21(20)26(22(25)28)14-17(27)15-31-18-8-6-16(7-9-18)23(2,3)4/h6-11,13,17,27H,5,12,14-15H2,1-4H3,(H2,24,29,30)/t17-/m0/s1. The summed E-state index contributed by atoms with van der Waals surface area (Å²) in [5.74, 6) is 0.620. The molecule has 1 aromatic heterocycles. The Labute approximate surface area is 188 Å². The molecule has 3 N–H and O–H groups in total. The van der Waals surface area contributed by atoms with E-state index in [2.05, 4.69) is 20.8 Å². The van der Waals surface area contributed by atoms with Crippen molar-refractivity contribution in [1.29, 1.82) is 0 Å². The highest BCUT2D eigenvalue weighted by molar-refractivity contribution is 7.89. The first kappa shape index (κ1) is 24.0. The predicted molar refractivity (Wildman–Crippen MR) is 125 cm³/mol. The molecule has 0 unspecified atom stereocenters. The van der Waals surface area contributed by atoms with Gasteiger partial charge < -0.3 is 9.84 Å². The first-order chi connectivity index (χ1) is 14.9. The number of nitrogens with zero attached hydrogens (tertiary/aromatic N) is 2. The van der Waals surface area contributed by atoms with Gasteiger partial charge in [0.1, 0.15) is 18.5 Å². The van der Waals surface area contributed by atoms with E-state index in [1.165, 1.54) is 22.3 Å². The summed E-state index contributed by atoms with van der Waals surface area (Å²) in [4.78, 5) is 12.9. The van der Waals surface area contributed by atoms with Crippen LogP contribution in [0.5, 0.6) is 5.75 Å². The van der Waals surface area contributed by atoms with E-state index in [-0.39, 0.29) is 29.2 Å². The number of aromatic nitrogens is 2. The molecule has 2 aromatic carbocycles. The second kappa shape index (κ2) is 9.09. The molecule has 1 heterocycles. The van der Waals surface area contributed by atoms with Crippen molar-refractivity contribution in [2.24, 2.45) is 5.14 Å². The van der Waals surface area contributed by atoms with Crippen molar-refractivity contribution in [3.63, 3.8) is 0 Å². The number of primary sulfonamides is 1. The molecule has 0 radical (unpaired) electrons. The maximum absolute atomic E-state index is 13.0. The van der Waals surface area contributed by atoms with Crippen LogP contribution in [0.15, 0.2) is 52.2 Å². The highest BCUT2D eigenvalue weighted by Crippen LogP contribution is 2.24. The van der Waals surface area contributed by atoms with Gasteiger partial charge in [0.15, 0.2) is 0 Å². The molecule has 0 amide bonds. The summed E-state index contributed by atoms with van der Waals surface area (Å²) >= 11 is 0. The number of aryl methyl sites for hydroxylation is 1. The van der Waals surface area contributed by atoms with Gasteiger partial charge in [-0.05, 0) is 47.7 Å². The molecule has 1 atom stereocenters. The average molecular weight is 462 g/mol. The first-order valence-electron chi connectivity index (χ1n) is 10.6. The minimum Gasteiger partial charge on any atom is -0.491 e. The Balaban J connectivity index is 1.83. The summed E-state index contributed by atoms with van der Waals surface area (Å²) < 4.78 is 32.2. The van der Waals surface area contributed by atoms with Gasteiger partial charge in [-0.2, -0.15) is 0 Å². The van der Waals surface area contributed by atoms with Crippen LogP contribution in [0.4, 0.5) is 0 Å². The number of fused-ring (bicyclic) bond motifs is 1. The van der Waals surface area contributed by atoms with E-state index in [9.17, 15) is 18.3 Å². The lowest BCUT2D eigenvalue weighted by Gasteiger charge is -2.19. The maximum atomic E-state index is 13.0. The summed E-state index contributed by atoms with van der Waals surface area (Å²) in [5, 5.41) is 15.8. The third kappa shape index (κ3) is 5.23. The lowest BCUT2D eigenvalue weighted by atomic mass is 9.87. The quantitative estimate of drug-likeness (QED) is 0.535. The van der Waals surface area contributed by atoms with Crippen LogP contribution in [0, 0.1) is 0 Å². The van der Waals surface area contributed by atoms with E-state index in [1.54, 1.807) is 10.6 Å². The van der Waals surface area contributed by atoms with Gasteiger partial charge in [0, 0.05) is 6.54 Å². The number of aliphatic hydroxyl groups excluding tert-OH is 1. The Bertz CT molecular complexity index is 1250. The molecule has 0 spiro atoms. The van der Waals surface area contributed by atoms with E-state index in [0.29, 0.717) is 23.3 Å². The van der Waals surface area contributed by atoms with E-state index < -0.39 is 16.1 Å². The predicted octanol–water partition coefficient (Wildman–Crippen LogP) is 2.60. The molecule has 0 saturated heterocycles. The van der Waals surface area contributed by atoms with Gasteiger partial charge in [-0.3, -0.25) is 9.13 Å². The van der Waals surface area contributed by atoms with Gasteiger partial charge in [0.2, 0.25) is 10.0 Å². The van der Waals surface area contributed by atoms with Crippen molar-refractivity contribution in [3.05, 3.63) is 58.5 Å². The molecule has 0 aliphatic carbocycles. The Hall–Kier alpha value is -2.62. The monoisotopic (exact) mass is 461 g/mol. The summed E-state index contributed by atoms with van der Waals surface area (Å²) in [5.41, 5.74) is 1.88. The number of hydrogen-bond donors (Lipinski definition) is 2.